The lowest BCUT2D eigenvalue weighted by Gasteiger charge is -2.34. The number of aliphatic hydroxyl groups is 1. The van der Waals surface area contributed by atoms with E-state index in [9.17, 15) is 9.90 Å². The van der Waals surface area contributed by atoms with Crippen LogP contribution in [0.1, 0.15) is 94.5 Å². The minimum Gasteiger partial charge on any atom is -0.492 e. The van der Waals surface area contributed by atoms with Crippen LogP contribution in [0.15, 0.2) is 36.4 Å². The van der Waals surface area contributed by atoms with Crippen molar-refractivity contribution in [2.75, 3.05) is 6.61 Å². The smallest absolute Gasteiger partial charge is 0.303 e. The maximum atomic E-state index is 10.8. The number of hydrogen-bond donors (Lipinski definition) is 3. The van der Waals surface area contributed by atoms with E-state index in [0.29, 0.717) is 13.0 Å². The fraction of sp³-hybridized carbons (Fsp3) is 0.581. The minimum absolute atomic E-state index is 0.0490. The molecule has 0 aromatic heterocycles. The summed E-state index contributed by atoms with van der Waals surface area (Å²) in [6, 6.07) is 12.9. The van der Waals surface area contributed by atoms with E-state index in [1.807, 2.05) is 13.0 Å². The molecule has 0 aliphatic rings. The molecule has 36 heavy (non-hydrogen) atoms. The lowest BCUT2D eigenvalue weighted by atomic mass is 9.69. The summed E-state index contributed by atoms with van der Waals surface area (Å²) in [4.78, 5) is 10.8. The Bertz CT molecular complexity index is 1000. The summed E-state index contributed by atoms with van der Waals surface area (Å²) >= 11 is 0. The maximum Gasteiger partial charge on any atom is 0.303 e. The van der Waals surface area contributed by atoms with E-state index in [-0.39, 0.29) is 29.4 Å². The maximum absolute atomic E-state index is 10.8. The molecule has 0 fully saturated rings. The van der Waals surface area contributed by atoms with E-state index in [4.69, 9.17) is 15.6 Å². The Morgan fingerprint density at radius 2 is 1.56 bits per heavy atom. The molecule has 0 heterocycles. The molecule has 0 radical (unpaired) electrons. The molecule has 0 bridgehead atoms. The standard InChI is InChI=1S/C31H47NO4/c1-8-31(9-2,24-12-10-23(21(3)18-24)11-16-28(33)30(5,6)7)25-13-15-27(22(4)19-25)36-20-26(32)14-17-29(34)35/h10,12-13,15,18-19,26,28,33H,8-9,11,14,16-17,20,32H2,1-7H3,(H,34,35)/t26-,28?/m1/s1. The number of nitrogens with two attached hydrogens (primary N) is 1. The van der Waals surface area contributed by atoms with E-state index < -0.39 is 5.97 Å². The van der Waals surface area contributed by atoms with Crippen LogP contribution in [0, 0.1) is 19.3 Å². The third-order valence-electron chi connectivity index (χ3n) is 7.70. The fourth-order valence-corrected chi connectivity index (χ4v) is 4.93. The Hall–Kier alpha value is -2.37. The number of aliphatic carboxylic acids is 1. The van der Waals surface area contributed by atoms with E-state index in [1.54, 1.807) is 0 Å². The highest BCUT2D eigenvalue weighted by molar-refractivity contribution is 5.66. The van der Waals surface area contributed by atoms with Gasteiger partial charge in [0.25, 0.3) is 0 Å². The SMILES string of the molecule is CCC(CC)(c1ccc(CCC(O)C(C)(C)C)c(C)c1)c1ccc(OC[C@H](N)CCC(=O)O)c(C)c1. The normalized spacial score (nSPS) is 13.9. The van der Waals surface area contributed by atoms with Crippen LogP contribution < -0.4 is 10.5 Å². The monoisotopic (exact) mass is 497 g/mol. The summed E-state index contributed by atoms with van der Waals surface area (Å²) in [5.74, 6) is -0.0539. The Morgan fingerprint density at radius 3 is 2.06 bits per heavy atom. The molecule has 4 N–H and O–H groups in total. The van der Waals surface area contributed by atoms with Crippen molar-refractivity contribution in [2.45, 2.75) is 105 Å². The molecule has 2 aromatic carbocycles. The number of ether oxygens (including phenoxy) is 1. The second kappa shape index (κ2) is 12.7. The zero-order valence-electron chi connectivity index (χ0n) is 23.4. The first-order valence-electron chi connectivity index (χ1n) is 13.3. The number of aliphatic hydroxyl groups excluding tert-OH is 1. The zero-order chi connectivity index (χ0) is 27.1. The lowest BCUT2D eigenvalue weighted by molar-refractivity contribution is -0.137. The van der Waals surface area contributed by atoms with Gasteiger partial charge in [0.05, 0.1) is 6.10 Å². The first kappa shape index (κ1) is 29.9. The van der Waals surface area contributed by atoms with Crippen LogP contribution in [0.4, 0.5) is 0 Å². The van der Waals surface area contributed by atoms with Gasteiger partial charge in [0.1, 0.15) is 12.4 Å². The molecule has 0 amide bonds. The van der Waals surface area contributed by atoms with Crippen molar-refractivity contribution < 1.29 is 19.7 Å². The second-order valence-corrected chi connectivity index (χ2v) is 11.3. The van der Waals surface area contributed by atoms with Gasteiger partial charge >= 0.3 is 5.97 Å². The molecular weight excluding hydrogens is 450 g/mol. The molecule has 200 valence electrons. The Labute approximate surface area is 218 Å². The number of aryl methyl sites for hydroxylation is 3. The quantitative estimate of drug-likeness (QED) is 0.301. The predicted molar refractivity (Wildman–Crippen MR) is 148 cm³/mol. The predicted octanol–water partition coefficient (Wildman–Crippen LogP) is 6.32. The van der Waals surface area contributed by atoms with Crippen molar-refractivity contribution >= 4 is 5.97 Å². The van der Waals surface area contributed by atoms with Gasteiger partial charge in [-0.25, -0.2) is 0 Å². The molecule has 0 aliphatic carbocycles. The van der Waals surface area contributed by atoms with Crippen molar-refractivity contribution in [3.8, 4) is 5.75 Å². The Kier molecular flexibility index (Phi) is 10.6. The summed E-state index contributed by atoms with van der Waals surface area (Å²) in [5.41, 5.74) is 12.0. The number of carboxylic acid groups (broad SMARTS) is 1. The number of carboxylic acids is 1. The Balaban J connectivity index is 2.23. The summed E-state index contributed by atoms with van der Waals surface area (Å²) in [7, 11) is 0. The number of carbonyl (C=O) groups is 1. The van der Waals surface area contributed by atoms with Gasteiger partial charge < -0.3 is 20.7 Å². The number of rotatable bonds is 13. The highest BCUT2D eigenvalue weighted by Gasteiger charge is 2.31. The molecule has 2 atom stereocenters. The molecule has 0 saturated heterocycles. The molecule has 2 rings (SSSR count). The lowest BCUT2D eigenvalue weighted by Crippen LogP contribution is -2.29. The third kappa shape index (κ3) is 7.57. The molecule has 5 heteroatoms. The number of hydrogen-bond acceptors (Lipinski definition) is 4. The summed E-state index contributed by atoms with van der Waals surface area (Å²) in [6.07, 6.45) is 3.71. The fourth-order valence-electron chi connectivity index (χ4n) is 4.93. The van der Waals surface area contributed by atoms with Crippen LogP contribution in [0.3, 0.4) is 0 Å². The van der Waals surface area contributed by atoms with Crippen LogP contribution in [0.2, 0.25) is 0 Å². The highest BCUT2D eigenvalue weighted by atomic mass is 16.5. The van der Waals surface area contributed by atoms with Crippen molar-refractivity contribution in [1.29, 1.82) is 0 Å². The molecule has 0 saturated carbocycles. The van der Waals surface area contributed by atoms with Gasteiger partial charge in [-0.1, -0.05) is 65.0 Å². The third-order valence-corrected chi connectivity index (χ3v) is 7.70. The molecule has 0 aliphatic heterocycles. The van der Waals surface area contributed by atoms with E-state index >= 15 is 0 Å². The van der Waals surface area contributed by atoms with Gasteiger partial charge in [-0.3, -0.25) is 4.79 Å². The van der Waals surface area contributed by atoms with Crippen molar-refractivity contribution in [1.82, 2.24) is 0 Å². The summed E-state index contributed by atoms with van der Waals surface area (Å²) in [5, 5.41) is 19.3. The van der Waals surface area contributed by atoms with Crippen molar-refractivity contribution in [3.63, 3.8) is 0 Å². The van der Waals surface area contributed by atoms with Crippen LogP contribution in [-0.4, -0.2) is 34.9 Å². The van der Waals surface area contributed by atoms with E-state index in [0.717, 1.165) is 37.0 Å². The second-order valence-electron chi connectivity index (χ2n) is 11.3. The van der Waals surface area contributed by atoms with Gasteiger partial charge in [0.15, 0.2) is 0 Å². The first-order valence-corrected chi connectivity index (χ1v) is 13.3. The highest BCUT2D eigenvalue weighted by Crippen LogP contribution is 2.41. The largest absolute Gasteiger partial charge is 0.492 e. The molecular formula is C31H47NO4. The first-order chi connectivity index (χ1) is 16.8. The molecule has 1 unspecified atom stereocenters. The van der Waals surface area contributed by atoms with Crippen LogP contribution >= 0.6 is 0 Å². The van der Waals surface area contributed by atoms with E-state index in [2.05, 4.69) is 71.9 Å². The van der Waals surface area contributed by atoms with Gasteiger partial charge in [0, 0.05) is 17.9 Å². The average Bonchev–Trinajstić information content (AvgIpc) is 2.82. The van der Waals surface area contributed by atoms with Crippen molar-refractivity contribution in [2.24, 2.45) is 11.1 Å². The molecule has 0 spiro atoms. The number of benzene rings is 2. The van der Waals surface area contributed by atoms with Gasteiger partial charge in [0.2, 0.25) is 0 Å². The van der Waals surface area contributed by atoms with Gasteiger partial charge in [-0.2, -0.15) is 0 Å². The summed E-state index contributed by atoms with van der Waals surface area (Å²) in [6.45, 7) is 15.2. The average molecular weight is 498 g/mol. The molecule has 2 aromatic rings. The van der Waals surface area contributed by atoms with Crippen LogP contribution in [0.25, 0.3) is 0 Å². The van der Waals surface area contributed by atoms with Crippen molar-refractivity contribution in [3.05, 3.63) is 64.2 Å². The van der Waals surface area contributed by atoms with Gasteiger partial charge in [-0.15, -0.1) is 0 Å². The van der Waals surface area contributed by atoms with Crippen LogP contribution in [0.5, 0.6) is 5.75 Å². The van der Waals surface area contributed by atoms with Gasteiger partial charge in [-0.05, 0) is 85.3 Å². The van der Waals surface area contributed by atoms with E-state index in [1.165, 1.54) is 22.3 Å². The zero-order valence-corrected chi connectivity index (χ0v) is 23.4. The Morgan fingerprint density at radius 1 is 0.972 bits per heavy atom. The summed E-state index contributed by atoms with van der Waals surface area (Å²) < 4.78 is 5.94. The topological polar surface area (TPSA) is 92.8 Å². The molecule has 5 nitrogen and oxygen atoms in total. The minimum atomic E-state index is -0.841. The van der Waals surface area contributed by atoms with Crippen LogP contribution in [-0.2, 0) is 16.6 Å².